The van der Waals surface area contributed by atoms with E-state index in [9.17, 15) is 9.59 Å². The zero-order valence-electron chi connectivity index (χ0n) is 18.5. The summed E-state index contributed by atoms with van der Waals surface area (Å²) in [7, 11) is 1.89. The molecule has 2 N–H and O–H groups in total. The highest BCUT2D eigenvalue weighted by Crippen LogP contribution is 2.39. The number of ether oxygens (including phenoxy) is 2. The highest BCUT2D eigenvalue weighted by Gasteiger charge is 2.45. The third-order valence-corrected chi connectivity index (χ3v) is 5.83. The molecule has 1 aromatic carbocycles. The molecule has 166 valence electrons. The van der Waals surface area contributed by atoms with Crippen molar-refractivity contribution in [1.82, 2.24) is 14.5 Å². The number of benzene rings is 1. The van der Waals surface area contributed by atoms with Gasteiger partial charge in [0, 0.05) is 43.7 Å². The van der Waals surface area contributed by atoms with Crippen LogP contribution in [0.2, 0.25) is 0 Å². The van der Waals surface area contributed by atoms with E-state index in [0.29, 0.717) is 24.2 Å². The summed E-state index contributed by atoms with van der Waals surface area (Å²) in [6.07, 6.45) is 6.52. The van der Waals surface area contributed by atoms with Gasteiger partial charge in [-0.2, -0.15) is 0 Å². The summed E-state index contributed by atoms with van der Waals surface area (Å²) in [5.74, 6) is -0.0655. The van der Waals surface area contributed by atoms with Crippen molar-refractivity contribution in [2.24, 2.45) is 12.8 Å². The fourth-order valence-corrected chi connectivity index (χ4v) is 4.56. The zero-order chi connectivity index (χ0) is 22.3. The lowest BCUT2D eigenvalue weighted by Gasteiger charge is -2.39. The standard InChI is InChI=1S/C23H30N4O4/c1-23(2,3)31-22(29)27-15-6-7-16(27)11-17(10-15)30-20-8-5-14(9-18(20)21(24)28)19-12-26(4)13-25-19/h5,8-9,12-13,15-17H,6-7,10-11H2,1-4H3,(H2,24,28)/t15-,16?,17?/m1/s1. The minimum atomic E-state index is -0.540. The van der Waals surface area contributed by atoms with E-state index >= 15 is 0 Å². The van der Waals surface area contributed by atoms with Gasteiger partial charge in [0.05, 0.1) is 17.6 Å². The van der Waals surface area contributed by atoms with Crippen LogP contribution in [0, 0.1) is 0 Å². The van der Waals surface area contributed by atoms with Crippen molar-refractivity contribution < 1.29 is 19.1 Å². The third-order valence-electron chi connectivity index (χ3n) is 5.83. The zero-order valence-corrected chi connectivity index (χ0v) is 18.5. The highest BCUT2D eigenvalue weighted by atomic mass is 16.6. The van der Waals surface area contributed by atoms with Gasteiger partial charge in [-0.25, -0.2) is 9.78 Å². The summed E-state index contributed by atoms with van der Waals surface area (Å²) in [6, 6.07) is 5.57. The van der Waals surface area contributed by atoms with E-state index in [1.807, 2.05) is 49.5 Å². The van der Waals surface area contributed by atoms with E-state index in [0.717, 1.165) is 24.1 Å². The van der Waals surface area contributed by atoms with E-state index in [-0.39, 0.29) is 24.3 Å². The average molecular weight is 427 g/mol. The number of carbonyl (C=O) groups excluding carboxylic acids is 2. The molecule has 3 atom stereocenters. The van der Waals surface area contributed by atoms with Gasteiger partial charge in [-0.1, -0.05) is 0 Å². The first kappa shape index (κ1) is 21.2. The summed E-state index contributed by atoms with van der Waals surface area (Å²) in [5, 5.41) is 0. The van der Waals surface area contributed by atoms with Crippen LogP contribution in [0.1, 0.15) is 56.8 Å². The van der Waals surface area contributed by atoms with Crippen molar-refractivity contribution in [2.75, 3.05) is 0 Å². The number of piperidine rings is 1. The first-order valence-corrected chi connectivity index (χ1v) is 10.7. The molecule has 0 radical (unpaired) electrons. The molecule has 31 heavy (non-hydrogen) atoms. The number of carbonyl (C=O) groups is 2. The second-order valence-electron chi connectivity index (χ2n) is 9.48. The number of nitrogens with zero attached hydrogens (tertiary/aromatic N) is 3. The fourth-order valence-electron chi connectivity index (χ4n) is 4.56. The Morgan fingerprint density at radius 3 is 2.39 bits per heavy atom. The Balaban J connectivity index is 1.49. The van der Waals surface area contributed by atoms with Gasteiger partial charge in [0.2, 0.25) is 0 Å². The van der Waals surface area contributed by atoms with Gasteiger partial charge in [-0.3, -0.25) is 4.79 Å². The van der Waals surface area contributed by atoms with Crippen LogP contribution < -0.4 is 10.5 Å². The maximum absolute atomic E-state index is 12.7. The molecule has 2 aliphatic heterocycles. The maximum atomic E-state index is 12.7. The van der Waals surface area contributed by atoms with Crippen molar-refractivity contribution in [1.29, 1.82) is 0 Å². The number of aryl methyl sites for hydroxylation is 1. The van der Waals surface area contributed by atoms with Crippen LogP contribution in [0.3, 0.4) is 0 Å². The molecule has 1 aromatic heterocycles. The summed E-state index contributed by atoms with van der Waals surface area (Å²) in [5.41, 5.74) is 7.04. The monoisotopic (exact) mass is 426 g/mol. The van der Waals surface area contributed by atoms with E-state index in [1.165, 1.54) is 0 Å². The Labute approximate surface area is 182 Å². The fraction of sp³-hybridized carbons (Fsp3) is 0.522. The SMILES string of the molecule is Cn1cnc(-c2ccc(OC3CC4CC[C@H](C3)N4C(=O)OC(C)(C)C)c(C(N)=O)c2)c1. The highest BCUT2D eigenvalue weighted by molar-refractivity contribution is 5.97. The Morgan fingerprint density at radius 2 is 1.84 bits per heavy atom. The molecule has 2 amide bonds. The Hall–Kier alpha value is -3.03. The normalized spacial score (nSPS) is 23.0. The number of amides is 2. The quantitative estimate of drug-likeness (QED) is 0.807. The van der Waals surface area contributed by atoms with Crippen LogP contribution in [0.25, 0.3) is 11.3 Å². The van der Waals surface area contributed by atoms with Crippen LogP contribution in [0.15, 0.2) is 30.7 Å². The molecule has 0 spiro atoms. The van der Waals surface area contributed by atoms with E-state index in [2.05, 4.69) is 4.98 Å². The van der Waals surface area contributed by atoms with Gasteiger partial charge in [-0.15, -0.1) is 0 Å². The lowest BCUT2D eigenvalue weighted by atomic mass is 9.99. The van der Waals surface area contributed by atoms with Gasteiger partial charge in [0.1, 0.15) is 17.5 Å². The molecule has 0 saturated carbocycles. The molecular formula is C23H30N4O4. The second kappa shape index (κ2) is 7.90. The van der Waals surface area contributed by atoms with Crippen LogP contribution in [0.4, 0.5) is 4.79 Å². The number of hydrogen-bond acceptors (Lipinski definition) is 5. The van der Waals surface area contributed by atoms with Gasteiger partial charge < -0.3 is 24.7 Å². The number of aromatic nitrogens is 2. The van der Waals surface area contributed by atoms with Crippen molar-refractivity contribution in [2.45, 2.75) is 70.2 Å². The number of nitrogens with two attached hydrogens (primary N) is 1. The second-order valence-corrected chi connectivity index (χ2v) is 9.48. The van der Waals surface area contributed by atoms with Gasteiger partial charge >= 0.3 is 6.09 Å². The van der Waals surface area contributed by atoms with Crippen LogP contribution >= 0.6 is 0 Å². The number of fused-ring (bicyclic) bond motifs is 2. The molecule has 0 aliphatic carbocycles. The number of rotatable bonds is 4. The lowest BCUT2D eigenvalue weighted by molar-refractivity contribution is -0.00711. The maximum Gasteiger partial charge on any atom is 0.410 e. The molecule has 2 bridgehead atoms. The number of primary amides is 1. The van der Waals surface area contributed by atoms with E-state index in [1.54, 1.807) is 18.5 Å². The van der Waals surface area contributed by atoms with Gasteiger partial charge in [0.25, 0.3) is 5.91 Å². The Morgan fingerprint density at radius 1 is 1.16 bits per heavy atom. The molecule has 2 saturated heterocycles. The predicted octanol–water partition coefficient (Wildman–Crippen LogP) is 3.50. The number of hydrogen-bond donors (Lipinski definition) is 1. The van der Waals surface area contributed by atoms with Crippen LogP contribution in [-0.2, 0) is 11.8 Å². The third kappa shape index (κ3) is 4.52. The van der Waals surface area contributed by atoms with E-state index < -0.39 is 11.5 Å². The van der Waals surface area contributed by atoms with Crippen molar-refractivity contribution in [3.63, 3.8) is 0 Å². The number of imidazole rings is 1. The summed E-state index contributed by atoms with van der Waals surface area (Å²) in [6.45, 7) is 5.63. The Bertz CT molecular complexity index is 980. The minimum absolute atomic E-state index is 0.0865. The molecule has 2 aliphatic rings. The average Bonchev–Trinajstić information content (AvgIpc) is 3.22. The minimum Gasteiger partial charge on any atom is -0.489 e. The van der Waals surface area contributed by atoms with Gasteiger partial charge in [-0.05, 0) is 51.8 Å². The molecule has 8 nitrogen and oxygen atoms in total. The summed E-state index contributed by atoms with van der Waals surface area (Å²) >= 11 is 0. The summed E-state index contributed by atoms with van der Waals surface area (Å²) in [4.78, 5) is 31.0. The largest absolute Gasteiger partial charge is 0.489 e. The van der Waals surface area contributed by atoms with Gasteiger partial charge in [0.15, 0.2) is 0 Å². The smallest absolute Gasteiger partial charge is 0.410 e. The van der Waals surface area contributed by atoms with Crippen LogP contribution in [0.5, 0.6) is 5.75 Å². The molecule has 2 unspecified atom stereocenters. The van der Waals surface area contributed by atoms with Crippen molar-refractivity contribution in [3.05, 3.63) is 36.3 Å². The molecule has 4 rings (SSSR count). The lowest BCUT2D eigenvalue weighted by Crippen LogP contribution is -2.50. The molecule has 2 fully saturated rings. The molecule has 3 heterocycles. The van der Waals surface area contributed by atoms with Crippen molar-refractivity contribution >= 4 is 12.0 Å². The summed E-state index contributed by atoms with van der Waals surface area (Å²) < 4.78 is 13.7. The first-order chi connectivity index (χ1) is 14.6. The first-order valence-electron chi connectivity index (χ1n) is 10.7. The predicted molar refractivity (Wildman–Crippen MR) is 116 cm³/mol. The Kier molecular flexibility index (Phi) is 5.41. The van der Waals surface area contributed by atoms with Crippen LogP contribution in [-0.4, -0.2) is 50.2 Å². The topological polar surface area (TPSA) is 99.7 Å². The molecular weight excluding hydrogens is 396 g/mol. The molecule has 8 heteroatoms. The van der Waals surface area contributed by atoms with E-state index in [4.69, 9.17) is 15.2 Å². The molecule has 2 aromatic rings. The van der Waals surface area contributed by atoms with Crippen molar-refractivity contribution in [3.8, 4) is 17.0 Å².